The number of likely N-dealkylation sites (N-methyl/N-ethyl adjacent to an activating group) is 1. The number of nitrogens with one attached hydrogen (secondary N) is 1. The van der Waals surface area contributed by atoms with Crippen LogP contribution in [0.4, 0.5) is 0 Å². The molecule has 2 rings (SSSR count). The summed E-state index contributed by atoms with van der Waals surface area (Å²) in [6.07, 6.45) is 8.96. The van der Waals surface area contributed by atoms with Crippen molar-refractivity contribution in [2.45, 2.75) is 57.4 Å². The molecule has 0 spiro atoms. The lowest BCUT2D eigenvalue weighted by Gasteiger charge is -2.17. The summed E-state index contributed by atoms with van der Waals surface area (Å²) in [6.45, 7) is 0.208. The summed E-state index contributed by atoms with van der Waals surface area (Å²) >= 11 is 0. The molecule has 2 fully saturated rings. The predicted octanol–water partition coefficient (Wildman–Crippen LogP) is 1.69. The van der Waals surface area contributed by atoms with Gasteiger partial charge in [0.2, 0.25) is 11.8 Å². The van der Waals surface area contributed by atoms with E-state index in [-0.39, 0.29) is 18.4 Å². The summed E-state index contributed by atoms with van der Waals surface area (Å²) in [6, 6.07) is 0.375. The maximum atomic E-state index is 11.9. The molecular formula is C14H24N2O2. The summed E-state index contributed by atoms with van der Waals surface area (Å²) in [4.78, 5) is 25.0. The third-order valence-corrected chi connectivity index (χ3v) is 3.99. The molecule has 0 bridgehead atoms. The molecule has 0 unspecified atom stereocenters. The lowest BCUT2D eigenvalue weighted by Crippen LogP contribution is -2.39. The molecule has 0 heterocycles. The van der Waals surface area contributed by atoms with Gasteiger partial charge >= 0.3 is 0 Å². The number of hydrogen-bond acceptors (Lipinski definition) is 2. The van der Waals surface area contributed by atoms with E-state index in [4.69, 9.17) is 0 Å². The van der Waals surface area contributed by atoms with E-state index in [9.17, 15) is 9.59 Å². The number of hydrogen-bond donors (Lipinski definition) is 1. The Morgan fingerprint density at radius 2 is 1.83 bits per heavy atom. The van der Waals surface area contributed by atoms with E-state index in [0.29, 0.717) is 12.5 Å². The predicted molar refractivity (Wildman–Crippen MR) is 70.0 cm³/mol. The standard InChI is InChI=1S/C14H24N2O2/c1-16(10-13(17)15-12-7-8-12)14(18)9-6-11-4-2-3-5-11/h11-12H,2-10H2,1H3,(H,15,17). The molecule has 2 aliphatic carbocycles. The van der Waals surface area contributed by atoms with Crippen LogP contribution in [0.5, 0.6) is 0 Å². The van der Waals surface area contributed by atoms with Crippen LogP contribution in [0.25, 0.3) is 0 Å². The first-order valence-electron chi connectivity index (χ1n) is 7.18. The van der Waals surface area contributed by atoms with Gasteiger partial charge in [0.15, 0.2) is 0 Å². The van der Waals surface area contributed by atoms with Crippen LogP contribution in [0.3, 0.4) is 0 Å². The minimum Gasteiger partial charge on any atom is -0.352 e. The summed E-state index contributed by atoms with van der Waals surface area (Å²) < 4.78 is 0. The van der Waals surface area contributed by atoms with Gasteiger partial charge < -0.3 is 10.2 Å². The third-order valence-electron chi connectivity index (χ3n) is 3.99. The van der Waals surface area contributed by atoms with Gasteiger partial charge in [0.05, 0.1) is 6.54 Å². The zero-order chi connectivity index (χ0) is 13.0. The molecule has 0 aromatic rings. The van der Waals surface area contributed by atoms with E-state index in [1.54, 1.807) is 11.9 Å². The second kappa shape index (κ2) is 6.21. The molecule has 2 saturated carbocycles. The largest absolute Gasteiger partial charge is 0.352 e. The van der Waals surface area contributed by atoms with Crippen molar-refractivity contribution in [3.05, 3.63) is 0 Å². The second-order valence-corrected chi connectivity index (χ2v) is 5.78. The number of nitrogens with zero attached hydrogens (tertiary/aromatic N) is 1. The Hall–Kier alpha value is -1.06. The van der Waals surface area contributed by atoms with Gasteiger partial charge in [0.1, 0.15) is 0 Å². The van der Waals surface area contributed by atoms with Crippen LogP contribution in [-0.4, -0.2) is 36.3 Å². The zero-order valence-corrected chi connectivity index (χ0v) is 11.3. The van der Waals surface area contributed by atoms with E-state index in [2.05, 4.69) is 5.32 Å². The van der Waals surface area contributed by atoms with Crippen molar-refractivity contribution in [2.24, 2.45) is 5.92 Å². The molecule has 102 valence electrons. The van der Waals surface area contributed by atoms with Gasteiger partial charge in [-0.1, -0.05) is 25.7 Å². The molecule has 0 aromatic heterocycles. The first-order valence-corrected chi connectivity index (χ1v) is 7.18. The van der Waals surface area contributed by atoms with Gasteiger partial charge in [-0.25, -0.2) is 0 Å². The highest BCUT2D eigenvalue weighted by molar-refractivity contribution is 5.84. The zero-order valence-electron chi connectivity index (χ0n) is 11.3. The number of amides is 2. The molecule has 0 atom stereocenters. The van der Waals surface area contributed by atoms with E-state index in [1.165, 1.54) is 25.7 Å². The third kappa shape index (κ3) is 4.31. The normalized spacial score (nSPS) is 19.8. The maximum absolute atomic E-state index is 11.9. The van der Waals surface area contributed by atoms with Crippen LogP contribution in [0, 0.1) is 5.92 Å². The van der Waals surface area contributed by atoms with Crippen molar-refractivity contribution < 1.29 is 9.59 Å². The highest BCUT2D eigenvalue weighted by atomic mass is 16.2. The van der Waals surface area contributed by atoms with E-state index < -0.39 is 0 Å². The highest BCUT2D eigenvalue weighted by Crippen LogP contribution is 2.28. The summed E-state index contributed by atoms with van der Waals surface area (Å²) in [5.74, 6) is 0.824. The van der Waals surface area contributed by atoms with Gasteiger partial charge in [0.25, 0.3) is 0 Å². The Kier molecular flexibility index (Phi) is 4.61. The van der Waals surface area contributed by atoms with Crippen molar-refractivity contribution >= 4 is 11.8 Å². The van der Waals surface area contributed by atoms with Crippen LogP contribution in [0.1, 0.15) is 51.4 Å². The Morgan fingerprint density at radius 3 is 2.44 bits per heavy atom. The van der Waals surface area contributed by atoms with Crippen LogP contribution >= 0.6 is 0 Å². The van der Waals surface area contributed by atoms with Gasteiger partial charge in [-0.15, -0.1) is 0 Å². The SMILES string of the molecule is CN(CC(=O)NC1CC1)C(=O)CCC1CCCC1. The average Bonchev–Trinajstić information content (AvgIpc) is 2.98. The lowest BCUT2D eigenvalue weighted by molar-refractivity contribution is -0.135. The van der Waals surface area contributed by atoms with Crippen molar-refractivity contribution in [3.8, 4) is 0 Å². The quantitative estimate of drug-likeness (QED) is 0.782. The molecule has 2 amide bonds. The molecular weight excluding hydrogens is 228 g/mol. The second-order valence-electron chi connectivity index (χ2n) is 5.78. The van der Waals surface area contributed by atoms with Crippen LogP contribution in [0.2, 0.25) is 0 Å². The molecule has 1 N–H and O–H groups in total. The number of carbonyl (C=O) groups excluding carboxylic acids is 2. The smallest absolute Gasteiger partial charge is 0.239 e. The fraction of sp³-hybridized carbons (Fsp3) is 0.857. The van der Waals surface area contributed by atoms with Gasteiger partial charge in [-0.3, -0.25) is 9.59 Å². The maximum Gasteiger partial charge on any atom is 0.239 e. The first-order chi connectivity index (χ1) is 8.65. The van der Waals surface area contributed by atoms with Gasteiger partial charge in [-0.2, -0.15) is 0 Å². The minimum absolute atomic E-state index is 0.0192. The first kappa shape index (κ1) is 13.4. The van der Waals surface area contributed by atoms with Gasteiger partial charge in [0, 0.05) is 19.5 Å². The monoisotopic (exact) mass is 252 g/mol. The fourth-order valence-corrected chi connectivity index (χ4v) is 2.62. The molecule has 2 aliphatic rings. The van der Waals surface area contributed by atoms with Crippen molar-refractivity contribution in [1.82, 2.24) is 10.2 Å². The Morgan fingerprint density at radius 1 is 1.17 bits per heavy atom. The molecule has 0 aliphatic heterocycles. The molecule has 4 nitrogen and oxygen atoms in total. The van der Waals surface area contributed by atoms with Crippen LogP contribution < -0.4 is 5.32 Å². The molecule has 18 heavy (non-hydrogen) atoms. The van der Waals surface area contributed by atoms with Crippen molar-refractivity contribution in [2.75, 3.05) is 13.6 Å². The Labute approximate surface area is 109 Å². The average molecular weight is 252 g/mol. The Bertz CT molecular complexity index is 307. The molecule has 0 saturated heterocycles. The van der Waals surface area contributed by atoms with E-state index in [0.717, 1.165) is 25.2 Å². The fourth-order valence-electron chi connectivity index (χ4n) is 2.62. The summed E-state index contributed by atoms with van der Waals surface area (Å²) in [7, 11) is 1.73. The highest BCUT2D eigenvalue weighted by Gasteiger charge is 2.24. The molecule has 0 radical (unpaired) electrons. The number of rotatable bonds is 6. The number of carbonyl (C=O) groups is 2. The topological polar surface area (TPSA) is 49.4 Å². The van der Waals surface area contributed by atoms with Crippen LogP contribution in [0.15, 0.2) is 0 Å². The lowest BCUT2D eigenvalue weighted by atomic mass is 10.0. The minimum atomic E-state index is -0.0192. The van der Waals surface area contributed by atoms with Gasteiger partial charge in [-0.05, 0) is 25.2 Å². The summed E-state index contributed by atoms with van der Waals surface area (Å²) in [5.41, 5.74) is 0. The van der Waals surface area contributed by atoms with E-state index >= 15 is 0 Å². The van der Waals surface area contributed by atoms with E-state index in [1.807, 2.05) is 0 Å². The van der Waals surface area contributed by atoms with Crippen LogP contribution in [-0.2, 0) is 9.59 Å². The molecule has 0 aromatic carbocycles. The van der Waals surface area contributed by atoms with Crippen molar-refractivity contribution in [3.63, 3.8) is 0 Å². The Balaban J connectivity index is 1.62. The van der Waals surface area contributed by atoms with Crippen molar-refractivity contribution in [1.29, 1.82) is 0 Å². The molecule has 4 heteroatoms. The summed E-state index contributed by atoms with van der Waals surface area (Å²) in [5, 5.41) is 2.90.